The first-order valence-electron chi connectivity index (χ1n) is 6.80. The third-order valence-electron chi connectivity index (χ3n) is 3.56. The van der Waals surface area contributed by atoms with Crippen molar-refractivity contribution in [3.05, 3.63) is 29.8 Å². The van der Waals surface area contributed by atoms with Gasteiger partial charge in [-0.05, 0) is 36.5 Å². The molecule has 3 heteroatoms. The highest BCUT2D eigenvalue weighted by molar-refractivity contribution is 5.71. The topological polar surface area (TPSA) is 35.5 Å². The average molecular weight is 264 g/mol. The van der Waals surface area contributed by atoms with Gasteiger partial charge in [0.05, 0.1) is 20.1 Å². The molecule has 0 saturated heterocycles. The summed E-state index contributed by atoms with van der Waals surface area (Å²) >= 11 is 0. The fourth-order valence-electron chi connectivity index (χ4n) is 2.15. The fraction of sp³-hybridized carbons (Fsp3) is 0.562. The molecule has 0 aliphatic heterocycles. The first-order valence-corrected chi connectivity index (χ1v) is 6.80. The summed E-state index contributed by atoms with van der Waals surface area (Å²) in [6.45, 7) is 4.13. The number of carbonyl (C=O) groups is 1. The molecule has 0 aromatic heterocycles. The molecule has 0 amide bonds. The Kier molecular flexibility index (Phi) is 6.40. The van der Waals surface area contributed by atoms with Gasteiger partial charge in [-0.25, -0.2) is 0 Å². The van der Waals surface area contributed by atoms with Crippen LogP contribution in [0.15, 0.2) is 24.3 Å². The van der Waals surface area contributed by atoms with Gasteiger partial charge in [-0.3, -0.25) is 4.79 Å². The van der Waals surface area contributed by atoms with Crippen LogP contribution < -0.4 is 4.74 Å². The molecule has 1 rings (SSSR count). The summed E-state index contributed by atoms with van der Waals surface area (Å²) in [5.41, 5.74) is 1.31. The van der Waals surface area contributed by atoms with Gasteiger partial charge in [0.25, 0.3) is 0 Å². The number of ether oxygens (including phenoxy) is 2. The number of hydrogen-bond donors (Lipinski definition) is 0. The second kappa shape index (κ2) is 7.82. The van der Waals surface area contributed by atoms with Crippen LogP contribution in [0, 0.1) is 5.92 Å². The normalized spacial score (nSPS) is 13.7. The lowest BCUT2D eigenvalue weighted by atomic mass is 9.93. The second-order valence-corrected chi connectivity index (χ2v) is 5.03. The van der Waals surface area contributed by atoms with Crippen LogP contribution in [0.5, 0.6) is 5.75 Å². The lowest BCUT2D eigenvalue weighted by molar-refractivity contribution is -0.145. The Bertz CT molecular complexity index is 383. The molecule has 0 heterocycles. The largest absolute Gasteiger partial charge is 0.497 e. The van der Waals surface area contributed by atoms with Crippen molar-refractivity contribution in [2.75, 3.05) is 14.2 Å². The smallest absolute Gasteiger partial charge is 0.308 e. The fourth-order valence-corrected chi connectivity index (χ4v) is 2.15. The van der Waals surface area contributed by atoms with Crippen LogP contribution in [0.25, 0.3) is 0 Å². The maximum Gasteiger partial charge on any atom is 0.308 e. The highest BCUT2D eigenvalue weighted by atomic mass is 16.5. The molecule has 0 spiro atoms. The Hall–Kier alpha value is -1.51. The van der Waals surface area contributed by atoms with E-state index in [9.17, 15) is 4.79 Å². The minimum Gasteiger partial charge on any atom is -0.497 e. The molecule has 0 radical (unpaired) electrons. The van der Waals surface area contributed by atoms with Crippen LogP contribution in [0.4, 0.5) is 0 Å². The second-order valence-electron chi connectivity index (χ2n) is 5.03. The first-order chi connectivity index (χ1) is 9.08. The predicted octanol–water partition coefficient (Wildman–Crippen LogP) is 3.78. The summed E-state index contributed by atoms with van der Waals surface area (Å²) in [6.07, 6.45) is 2.99. The molecule has 106 valence electrons. The Balaban J connectivity index is 2.38. The van der Waals surface area contributed by atoms with Gasteiger partial charge in [0.2, 0.25) is 0 Å². The lowest BCUT2D eigenvalue weighted by Crippen LogP contribution is -2.12. The van der Waals surface area contributed by atoms with Crippen molar-refractivity contribution in [1.82, 2.24) is 0 Å². The standard InChI is InChI=1S/C16H24O3/c1-12(6-5-7-13(2)16(17)19-4)14-8-10-15(18-3)11-9-14/h8-13H,5-7H2,1-4H3. The average Bonchev–Trinajstić information content (AvgIpc) is 2.46. The first kappa shape index (κ1) is 15.5. The summed E-state index contributed by atoms with van der Waals surface area (Å²) < 4.78 is 9.88. The molecule has 0 saturated carbocycles. The molecule has 0 aliphatic rings. The Morgan fingerprint density at radius 2 is 1.74 bits per heavy atom. The van der Waals surface area contributed by atoms with E-state index in [2.05, 4.69) is 19.1 Å². The van der Waals surface area contributed by atoms with E-state index in [0.717, 1.165) is 25.0 Å². The molecule has 3 nitrogen and oxygen atoms in total. The summed E-state index contributed by atoms with van der Waals surface area (Å²) in [4.78, 5) is 11.3. The van der Waals surface area contributed by atoms with Gasteiger partial charge >= 0.3 is 5.97 Å². The van der Waals surface area contributed by atoms with E-state index >= 15 is 0 Å². The third-order valence-corrected chi connectivity index (χ3v) is 3.56. The van der Waals surface area contributed by atoms with Crippen LogP contribution >= 0.6 is 0 Å². The SMILES string of the molecule is COC(=O)C(C)CCCC(C)c1ccc(OC)cc1. The van der Waals surface area contributed by atoms with Gasteiger partial charge in [-0.2, -0.15) is 0 Å². The summed E-state index contributed by atoms with van der Waals surface area (Å²) in [5.74, 6) is 1.26. The van der Waals surface area contributed by atoms with E-state index in [1.54, 1.807) is 7.11 Å². The van der Waals surface area contributed by atoms with E-state index in [4.69, 9.17) is 9.47 Å². The predicted molar refractivity (Wildman–Crippen MR) is 76.4 cm³/mol. The van der Waals surface area contributed by atoms with Crippen molar-refractivity contribution >= 4 is 5.97 Å². The Morgan fingerprint density at radius 1 is 1.11 bits per heavy atom. The molecule has 1 aromatic carbocycles. The van der Waals surface area contributed by atoms with Gasteiger partial charge in [0.15, 0.2) is 0 Å². The van der Waals surface area contributed by atoms with E-state index in [1.807, 2.05) is 19.1 Å². The zero-order chi connectivity index (χ0) is 14.3. The van der Waals surface area contributed by atoms with Crippen LogP contribution in [0.2, 0.25) is 0 Å². The molecular formula is C16H24O3. The molecule has 0 bridgehead atoms. The van der Waals surface area contributed by atoms with Crippen molar-refractivity contribution in [3.63, 3.8) is 0 Å². The summed E-state index contributed by atoms with van der Waals surface area (Å²) in [5, 5.41) is 0. The highest BCUT2D eigenvalue weighted by Crippen LogP contribution is 2.24. The zero-order valence-corrected chi connectivity index (χ0v) is 12.3. The maximum atomic E-state index is 11.3. The zero-order valence-electron chi connectivity index (χ0n) is 12.3. The number of benzene rings is 1. The van der Waals surface area contributed by atoms with E-state index < -0.39 is 0 Å². The van der Waals surface area contributed by atoms with Gasteiger partial charge in [-0.15, -0.1) is 0 Å². The van der Waals surface area contributed by atoms with Gasteiger partial charge < -0.3 is 9.47 Å². The number of hydrogen-bond acceptors (Lipinski definition) is 3. The Labute approximate surface area is 115 Å². The molecule has 0 N–H and O–H groups in total. The molecular weight excluding hydrogens is 240 g/mol. The van der Waals surface area contributed by atoms with Crippen LogP contribution in [-0.2, 0) is 9.53 Å². The van der Waals surface area contributed by atoms with E-state index in [-0.39, 0.29) is 11.9 Å². The van der Waals surface area contributed by atoms with Gasteiger partial charge in [0.1, 0.15) is 5.75 Å². The number of esters is 1. The van der Waals surface area contributed by atoms with E-state index in [1.165, 1.54) is 12.7 Å². The van der Waals surface area contributed by atoms with Crippen LogP contribution in [0.3, 0.4) is 0 Å². The lowest BCUT2D eigenvalue weighted by Gasteiger charge is -2.14. The van der Waals surface area contributed by atoms with E-state index in [0.29, 0.717) is 5.92 Å². The Morgan fingerprint density at radius 3 is 2.26 bits per heavy atom. The van der Waals surface area contributed by atoms with Crippen molar-refractivity contribution in [3.8, 4) is 5.75 Å². The quantitative estimate of drug-likeness (QED) is 0.703. The summed E-state index contributed by atoms with van der Waals surface area (Å²) in [7, 11) is 3.12. The third kappa shape index (κ3) is 4.93. The van der Waals surface area contributed by atoms with Crippen molar-refractivity contribution in [2.45, 2.75) is 39.0 Å². The molecule has 0 fully saturated rings. The van der Waals surface area contributed by atoms with Crippen molar-refractivity contribution in [1.29, 1.82) is 0 Å². The minimum absolute atomic E-state index is 0.00642. The number of rotatable bonds is 7. The minimum atomic E-state index is -0.114. The van der Waals surface area contributed by atoms with Gasteiger partial charge in [0, 0.05) is 0 Å². The molecule has 2 unspecified atom stereocenters. The monoisotopic (exact) mass is 264 g/mol. The van der Waals surface area contributed by atoms with Gasteiger partial charge in [-0.1, -0.05) is 32.4 Å². The molecule has 19 heavy (non-hydrogen) atoms. The number of carbonyl (C=O) groups excluding carboxylic acids is 1. The maximum absolute atomic E-state index is 11.3. The molecule has 2 atom stereocenters. The number of methoxy groups -OCH3 is 2. The molecule has 1 aromatic rings. The van der Waals surface area contributed by atoms with Crippen LogP contribution in [-0.4, -0.2) is 20.2 Å². The van der Waals surface area contributed by atoms with Crippen LogP contribution in [0.1, 0.15) is 44.6 Å². The molecule has 0 aliphatic carbocycles. The van der Waals surface area contributed by atoms with Crippen molar-refractivity contribution < 1.29 is 14.3 Å². The van der Waals surface area contributed by atoms with Crippen molar-refractivity contribution in [2.24, 2.45) is 5.92 Å². The highest BCUT2D eigenvalue weighted by Gasteiger charge is 2.13. The summed E-state index contributed by atoms with van der Waals surface area (Å²) in [6, 6.07) is 8.19.